The van der Waals surface area contributed by atoms with Crippen molar-refractivity contribution in [1.82, 2.24) is 19.9 Å². The minimum Gasteiger partial charge on any atom is -0.377 e. The van der Waals surface area contributed by atoms with E-state index in [1.54, 1.807) is 0 Å². The highest BCUT2D eigenvalue weighted by atomic mass is 32.2. The van der Waals surface area contributed by atoms with Gasteiger partial charge in [0.1, 0.15) is 4.75 Å². The molecule has 2 aliphatic rings. The zero-order valence-electron chi connectivity index (χ0n) is 16.0. The number of primary sulfonamides is 1. The fraction of sp³-hybridized carbons (Fsp3) is 0.421. The lowest BCUT2D eigenvalue weighted by Gasteiger charge is -2.33. The first-order chi connectivity index (χ1) is 13.9. The van der Waals surface area contributed by atoms with E-state index in [1.807, 2.05) is 42.3 Å². The molecule has 1 aliphatic carbocycles. The Morgan fingerprint density at radius 2 is 2.07 bits per heavy atom. The molecular formula is C19H22N6O3S. The zero-order valence-corrected chi connectivity index (χ0v) is 16.8. The second-order valence-corrected chi connectivity index (χ2v) is 9.56. The molecule has 0 amide bonds. The quantitative estimate of drug-likeness (QED) is 0.662. The van der Waals surface area contributed by atoms with Gasteiger partial charge in [0.2, 0.25) is 16.0 Å². The first-order valence-corrected chi connectivity index (χ1v) is 11.1. The number of nitrogens with two attached hydrogens (primary N) is 1. The Bertz CT molecular complexity index is 1190. The normalized spacial score (nSPS) is 21.4. The van der Waals surface area contributed by atoms with Crippen molar-refractivity contribution in [2.75, 3.05) is 24.7 Å². The van der Waals surface area contributed by atoms with Gasteiger partial charge in [0.25, 0.3) is 0 Å². The van der Waals surface area contributed by atoms with Crippen molar-refractivity contribution in [3.05, 3.63) is 36.3 Å². The van der Waals surface area contributed by atoms with Crippen LogP contribution in [0.25, 0.3) is 22.3 Å². The third-order valence-electron chi connectivity index (χ3n) is 5.74. The highest BCUT2D eigenvalue weighted by Crippen LogP contribution is 2.50. The van der Waals surface area contributed by atoms with Gasteiger partial charge >= 0.3 is 0 Å². The number of fused-ring (bicyclic) bond motifs is 1. The number of nitrogens with zero attached hydrogens (tertiary/aromatic N) is 4. The van der Waals surface area contributed by atoms with Gasteiger partial charge in [0, 0.05) is 29.2 Å². The number of nitrogens with one attached hydrogen (secondary N) is 1. The minimum absolute atomic E-state index is 0.0690. The van der Waals surface area contributed by atoms with Gasteiger partial charge in [-0.2, -0.15) is 9.97 Å². The van der Waals surface area contributed by atoms with E-state index in [0.29, 0.717) is 44.4 Å². The Morgan fingerprint density at radius 1 is 1.24 bits per heavy atom. The maximum atomic E-state index is 12.3. The van der Waals surface area contributed by atoms with Gasteiger partial charge in [-0.1, -0.05) is 12.1 Å². The maximum absolute atomic E-state index is 12.3. The number of aromatic amines is 1. The van der Waals surface area contributed by atoms with Gasteiger partial charge < -0.3 is 14.6 Å². The fourth-order valence-electron chi connectivity index (χ4n) is 3.87. The highest BCUT2D eigenvalue weighted by Gasteiger charge is 2.57. The zero-order chi connectivity index (χ0) is 20.2. The molecule has 0 radical (unpaired) electrons. The van der Waals surface area contributed by atoms with Crippen molar-refractivity contribution in [2.45, 2.75) is 30.6 Å². The van der Waals surface area contributed by atoms with Crippen LogP contribution in [-0.2, 0) is 19.5 Å². The van der Waals surface area contributed by atoms with Gasteiger partial charge in [-0.3, -0.25) is 0 Å². The largest absolute Gasteiger partial charge is 0.377 e. The second kappa shape index (κ2) is 6.48. The number of hydrogen-bond donors (Lipinski definition) is 2. The van der Waals surface area contributed by atoms with Crippen molar-refractivity contribution in [3.8, 4) is 11.4 Å². The summed E-state index contributed by atoms with van der Waals surface area (Å²) < 4.78 is 29.0. The molecule has 1 atom stereocenters. The fourth-order valence-corrected chi connectivity index (χ4v) is 4.89. The highest BCUT2D eigenvalue weighted by molar-refractivity contribution is 7.90. The van der Waals surface area contributed by atoms with Gasteiger partial charge in [-0.05, 0) is 31.9 Å². The van der Waals surface area contributed by atoms with Crippen LogP contribution in [0.1, 0.15) is 25.6 Å². The molecule has 3 N–H and O–H groups in total. The van der Waals surface area contributed by atoms with E-state index in [4.69, 9.17) is 14.9 Å². The van der Waals surface area contributed by atoms with Crippen molar-refractivity contribution in [3.63, 3.8) is 0 Å². The van der Waals surface area contributed by atoms with Crippen LogP contribution in [0.4, 0.5) is 5.95 Å². The Hall–Kier alpha value is -2.56. The SMILES string of the molecule is C[C@@H]1COCCN1c1nc(-c2cccc3[nH]ccc23)nc(C2(S(N)(=O)=O)CC2)n1. The number of aromatic nitrogens is 4. The summed E-state index contributed by atoms with van der Waals surface area (Å²) in [5, 5.41) is 6.52. The summed E-state index contributed by atoms with van der Waals surface area (Å²) in [6.45, 7) is 3.78. The molecular weight excluding hydrogens is 392 g/mol. The lowest BCUT2D eigenvalue weighted by Crippen LogP contribution is -2.45. The molecule has 2 fully saturated rings. The van der Waals surface area contributed by atoms with E-state index in [-0.39, 0.29) is 11.9 Å². The third-order valence-corrected chi connectivity index (χ3v) is 7.42. The van der Waals surface area contributed by atoms with Crippen molar-refractivity contribution < 1.29 is 13.2 Å². The number of ether oxygens (including phenoxy) is 1. The molecule has 10 heteroatoms. The summed E-state index contributed by atoms with van der Waals surface area (Å²) in [7, 11) is -3.84. The first-order valence-electron chi connectivity index (χ1n) is 9.59. The van der Waals surface area contributed by atoms with Crippen LogP contribution in [0.5, 0.6) is 0 Å². The number of morpholine rings is 1. The number of anilines is 1. The number of rotatable bonds is 4. The second-order valence-electron chi connectivity index (χ2n) is 7.68. The van der Waals surface area contributed by atoms with Gasteiger partial charge in [0.15, 0.2) is 11.6 Å². The Labute approximate surface area is 168 Å². The van der Waals surface area contributed by atoms with Crippen LogP contribution >= 0.6 is 0 Å². The maximum Gasteiger partial charge on any atom is 0.229 e. The molecule has 0 bridgehead atoms. The van der Waals surface area contributed by atoms with Crippen molar-refractivity contribution >= 4 is 26.9 Å². The molecule has 1 aromatic carbocycles. The Kier molecular flexibility index (Phi) is 4.12. The molecule has 5 rings (SSSR count). The van der Waals surface area contributed by atoms with Crippen LogP contribution in [-0.4, -0.2) is 54.2 Å². The summed E-state index contributed by atoms with van der Waals surface area (Å²) in [4.78, 5) is 19.1. The van der Waals surface area contributed by atoms with E-state index < -0.39 is 14.8 Å². The van der Waals surface area contributed by atoms with Crippen LogP contribution in [0.15, 0.2) is 30.5 Å². The van der Waals surface area contributed by atoms with Gasteiger partial charge in [-0.15, -0.1) is 0 Å². The molecule has 3 heterocycles. The van der Waals surface area contributed by atoms with Gasteiger partial charge in [0.05, 0.1) is 19.3 Å². The summed E-state index contributed by atoms with van der Waals surface area (Å²) in [6.07, 6.45) is 2.69. The van der Waals surface area contributed by atoms with E-state index >= 15 is 0 Å². The molecule has 1 saturated heterocycles. The molecule has 152 valence electrons. The molecule has 0 unspecified atom stereocenters. The molecule has 29 heavy (non-hydrogen) atoms. The molecule has 1 aliphatic heterocycles. The van der Waals surface area contributed by atoms with Crippen LogP contribution in [0, 0.1) is 0 Å². The summed E-state index contributed by atoms with van der Waals surface area (Å²) in [5.41, 5.74) is 1.78. The topological polar surface area (TPSA) is 127 Å². The predicted molar refractivity (Wildman–Crippen MR) is 109 cm³/mol. The molecule has 2 aromatic heterocycles. The van der Waals surface area contributed by atoms with Crippen molar-refractivity contribution in [1.29, 1.82) is 0 Å². The molecule has 9 nitrogen and oxygen atoms in total. The number of sulfonamides is 1. The average Bonchev–Trinajstić information content (AvgIpc) is 3.39. The number of benzene rings is 1. The number of H-pyrrole nitrogens is 1. The average molecular weight is 414 g/mol. The first kappa shape index (κ1) is 18.5. The molecule has 3 aromatic rings. The van der Waals surface area contributed by atoms with Crippen molar-refractivity contribution in [2.24, 2.45) is 5.14 Å². The summed E-state index contributed by atoms with van der Waals surface area (Å²) in [5.74, 6) is 1.14. The monoisotopic (exact) mass is 414 g/mol. The van der Waals surface area contributed by atoms with E-state index in [2.05, 4.69) is 15.0 Å². The third kappa shape index (κ3) is 2.98. The summed E-state index contributed by atoms with van der Waals surface area (Å²) in [6, 6.07) is 7.84. The summed E-state index contributed by atoms with van der Waals surface area (Å²) >= 11 is 0. The lowest BCUT2D eigenvalue weighted by molar-refractivity contribution is 0.0980. The van der Waals surface area contributed by atoms with Crippen LogP contribution < -0.4 is 10.0 Å². The Morgan fingerprint density at radius 3 is 2.79 bits per heavy atom. The smallest absolute Gasteiger partial charge is 0.229 e. The van der Waals surface area contributed by atoms with E-state index in [0.717, 1.165) is 16.5 Å². The lowest BCUT2D eigenvalue weighted by atomic mass is 10.1. The van der Waals surface area contributed by atoms with Gasteiger partial charge in [-0.25, -0.2) is 18.5 Å². The standard InChI is InChI=1S/C19H22N6O3S/c1-12-11-28-10-9-25(12)18-23-16(14-3-2-4-15-13(14)5-8-21-15)22-17(24-18)19(6-7-19)29(20,26)27/h2-5,8,12,21H,6-7,9-11H2,1H3,(H2,20,26,27)/t12-/m1/s1. The van der Waals surface area contributed by atoms with Crippen LogP contribution in [0.2, 0.25) is 0 Å². The predicted octanol–water partition coefficient (Wildman–Crippen LogP) is 1.52. The number of hydrogen-bond acceptors (Lipinski definition) is 7. The van der Waals surface area contributed by atoms with Crippen LogP contribution in [0.3, 0.4) is 0 Å². The Balaban J connectivity index is 1.72. The van der Waals surface area contributed by atoms with E-state index in [1.165, 1.54) is 0 Å². The van der Waals surface area contributed by atoms with E-state index in [9.17, 15) is 8.42 Å². The molecule has 0 spiro atoms. The molecule has 1 saturated carbocycles. The minimum atomic E-state index is -3.84.